The van der Waals surface area contributed by atoms with Gasteiger partial charge >= 0.3 is 11.8 Å². The first-order valence-electron chi connectivity index (χ1n) is 10.0. The quantitative estimate of drug-likeness (QED) is 0.326. The zero-order valence-electron chi connectivity index (χ0n) is 17.2. The standard InChI is InChI=1S/C22H23FN4O5/c23-16-5-7-17(8-6-16)26-21(29)22(30)27-25-12-15-3-9-18(10-4-15)32-14-20(28)24-13-19-2-1-11-31-19/h3-10,12,19H,1-2,11,13-14H2,(H,24,28)(H,26,29)(H,27,30)/b25-12-/t19-/m1/s1. The summed E-state index contributed by atoms with van der Waals surface area (Å²) in [5.74, 6) is -2.09. The third-order valence-corrected chi connectivity index (χ3v) is 4.49. The molecule has 168 valence electrons. The molecule has 1 atom stereocenters. The number of hydrazone groups is 1. The number of hydrogen-bond donors (Lipinski definition) is 3. The van der Waals surface area contributed by atoms with Crippen LogP contribution in [0.25, 0.3) is 0 Å². The van der Waals surface area contributed by atoms with E-state index in [-0.39, 0.29) is 24.3 Å². The fourth-order valence-electron chi connectivity index (χ4n) is 2.82. The van der Waals surface area contributed by atoms with Gasteiger partial charge in [-0.15, -0.1) is 0 Å². The molecular weight excluding hydrogens is 419 g/mol. The molecule has 2 aromatic carbocycles. The fourth-order valence-corrected chi connectivity index (χ4v) is 2.82. The highest BCUT2D eigenvalue weighted by molar-refractivity contribution is 6.39. The van der Waals surface area contributed by atoms with E-state index in [1.165, 1.54) is 18.3 Å². The highest BCUT2D eigenvalue weighted by Crippen LogP contribution is 2.12. The second-order valence-corrected chi connectivity index (χ2v) is 6.96. The number of nitrogens with zero attached hydrogens (tertiary/aromatic N) is 1. The number of benzene rings is 2. The molecule has 0 aliphatic carbocycles. The minimum absolute atomic E-state index is 0.0759. The van der Waals surface area contributed by atoms with Crippen molar-refractivity contribution >= 4 is 29.6 Å². The maximum absolute atomic E-state index is 12.9. The van der Waals surface area contributed by atoms with Crippen molar-refractivity contribution in [3.8, 4) is 5.75 Å². The molecular formula is C22H23FN4O5. The summed E-state index contributed by atoms with van der Waals surface area (Å²) < 4.78 is 23.7. The van der Waals surface area contributed by atoms with E-state index in [0.29, 0.717) is 17.9 Å². The molecule has 2 aromatic rings. The summed E-state index contributed by atoms with van der Waals surface area (Å²) in [7, 11) is 0. The Labute approximate surface area is 184 Å². The first-order chi connectivity index (χ1) is 15.5. The summed E-state index contributed by atoms with van der Waals surface area (Å²) in [6, 6.07) is 11.6. The van der Waals surface area contributed by atoms with Gasteiger partial charge in [0.05, 0.1) is 12.3 Å². The van der Waals surface area contributed by atoms with E-state index >= 15 is 0 Å². The van der Waals surface area contributed by atoms with Gasteiger partial charge in [0.15, 0.2) is 6.61 Å². The predicted molar refractivity (Wildman–Crippen MR) is 115 cm³/mol. The van der Waals surface area contributed by atoms with E-state index < -0.39 is 17.6 Å². The van der Waals surface area contributed by atoms with Gasteiger partial charge in [-0.3, -0.25) is 14.4 Å². The summed E-state index contributed by atoms with van der Waals surface area (Å²) >= 11 is 0. The van der Waals surface area contributed by atoms with Crippen molar-refractivity contribution in [2.24, 2.45) is 5.10 Å². The van der Waals surface area contributed by atoms with Crippen LogP contribution in [0.5, 0.6) is 5.75 Å². The summed E-state index contributed by atoms with van der Waals surface area (Å²) in [5.41, 5.74) is 3.03. The second kappa shape index (κ2) is 11.6. The molecule has 32 heavy (non-hydrogen) atoms. The van der Waals surface area contributed by atoms with Gasteiger partial charge in [0.1, 0.15) is 11.6 Å². The molecule has 0 spiro atoms. The summed E-state index contributed by atoms with van der Waals surface area (Å²) in [4.78, 5) is 35.4. The molecule has 0 radical (unpaired) electrons. The fraction of sp³-hybridized carbons (Fsp3) is 0.273. The van der Waals surface area contributed by atoms with Crippen LogP contribution in [0.3, 0.4) is 0 Å². The minimum atomic E-state index is -0.973. The Morgan fingerprint density at radius 2 is 1.84 bits per heavy atom. The lowest BCUT2D eigenvalue weighted by Gasteiger charge is -2.11. The SMILES string of the molecule is O=C(COc1ccc(/C=N\NC(=O)C(=O)Nc2ccc(F)cc2)cc1)NC[C@H]1CCCO1. The third kappa shape index (κ3) is 7.47. The number of carbonyl (C=O) groups excluding carboxylic acids is 3. The topological polar surface area (TPSA) is 118 Å². The minimum Gasteiger partial charge on any atom is -0.484 e. The Morgan fingerprint density at radius 1 is 1.09 bits per heavy atom. The van der Waals surface area contributed by atoms with Crippen LogP contribution >= 0.6 is 0 Å². The molecule has 1 saturated heterocycles. The molecule has 0 bridgehead atoms. The van der Waals surface area contributed by atoms with Gasteiger partial charge in [-0.2, -0.15) is 5.10 Å². The molecule has 1 heterocycles. The van der Waals surface area contributed by atoms with E-state index in [0.717, 1.165) is 31.6 Å². The normalized spacial score (nSPS) is 15.3. The number of hydrogen-bond acceptors (Lipinski definition) is 6. The van der Waals surface area contributed by atoms with Crippen LogP contribution in [0.1, 0.15) is 18.4 Å². The van der Waals surface area contributed by atoms with Gasteiger partial charge in [0.2, 0.25) is 0 Å². The average Bonchev–Trinajstić information content (AvgIpc) is 3.32. The van der Waals surface area contributed by atoms with E-state index in [1.54, 1.807) is 24.3 Å². The molecule has 1 aliphatic rings. The predicted octanol–water partition coefficient (Wildman–Crippen LogP) is 1.59. The summed E-state index contributed by atoms with van der Waals surface area (Å²) in [5, 5.41) is 8.82. The van der Waals surface area contributed by atoms with Gasteiger partial charge in [-0.25, -0.2) is 9.82 Å². The van der Waals surface area contributed by atoms with Crippen LogP contribution in [0.15, 0.2) is 53.6 Å². The van der Waals surface area contributed by atoms with Crippen molar-refractivity contribution in [3.63, 3.8) is 0 Å². The molecule has 10 heteroatoms. The monoisotopic (exact) mass is 442 g/mol. The molecule has 1 aliphatic heterocycles. The lowest BCUT2D eigenvalue weighted by Crippen LogP contribution is -2.35. The average molecular weight is 442 g/mol. The molecule has 3 amide bonds. The number of carbonyl (C=O) groups is 3. The van der Waals surface area contributed by atoms with Crippen molar-refractivity contribution in [3.05, 3.63) is 59.9 Å². The van der Waals surface area contributed by atoms with Crippen LogP contribution in [0.2, 0.25) is 0 Å². The number of amides is 3. The maximum atomic E-state index is 12.9. The largest absolute Gasteiger partial charge is 0.484 e. The van der Waals surface area contributed by atoms with Crippen LogP contribution in [0, 0.1) is 5.82 Å². The highest BCUT2D eigenvalue weighted by atomic mass is 19.1. The molecule has 0 aromatic heterocycles. The van der Waals surface area contributed by atoms with Gasteiger partial charge in [-0.1, -0.05) is 0 Å². The highest BCUT2D eigenvalue weighted by Gasteiger charge is 2.16. The number of nitrogens with one attached hydrogen (secondary N) is 3. The van der Waals surface area contributed by atoms with Crippen molar-refractivity contribution in [2.45, 2.75) is 18.9 Å². The van der Waals surface area contributed by atoms with Gasteiger partial charge in [0, 0.05) is 18.8 Å². The lowest BCUT2D eigenvalue weighted by atomic mass is 10.2. The van der Waals surface area contributed by atoms with Crippen LogP contribution in [-0.2, 0) is 19.1 Å². The molecule has 3 rings (SSSR count). The lowest BCUT2D eigenvalue weighted by molar-refractivity contribution is -0.136. The Morgan fingerprint density at radius 3 is 2.53 bits per heavy atom. The number of halogens is 1. The van der Waals surface area contributed by atoms with Gasteiger partial charge in [-0.05, 0) is 66.9 Å². The number of anilines is 1. The first kappa shape index (κ1) is 22.9. The van der Waals surface area contributed by atoms with Crippen LogP contribution in [-0.4, -0.2) is 49.8 Å². The molecule has 0 unspecified atom stereocenters. The van der Waals surface area contributed by atoms with Gasteiger partial charge < -0.3 is 20.1 Å². The van der Waals surface area contributed by atoms with E-state index in [9.17, 15) is 18.8 Å². The summed E-state index contributed by atoms with van der Waals surface area (Å²) in [6.07, 6.45) is 3.39. The Kier molecular flexibility index (Phi) is 8.27. The van der Waals surface area contributed by atoms with Crippen molar-refractivity contribution < 1.29 is 28.2 Å². The zero-order chi connectivity index (χ0) is 22.8. The van der Waals surface area contributed by atoms with Gasteiger partial charge in [0.25, 0.3) is 5.91 Å². The van der Waals surface area contributed by atoms with E-state index in [2.05, 4.69) is 21.2 Å². The molecule has 3 N–H and O–H groups in total. The van der Waals surface area contributed by atoms with Crippen molar-refractivity contribution in [2.75, 3.05) is 25.1 Å². The first-order valence-corrected chi connectivity index (χ1v) is 10.0. The summed E-state index contributed by atoms with van der Waals surface area (Å²) in [6.45, 7) is 1.10. The van der Waals surface area contributed by atoms with E-state index in [1.807, 2.05) is 0 Å². The molecule has 9 nitrogen and oxygen atoms in total. The number of ether oxygens (including phenoxy) is 2. The zero-order valence-corrected chi connectivity index (χ0v) is 17.2. The third-order valence-electron chi connectivity index (χ3n) is 4.49. The Bertz CT molecular complexity index is 957. The van der Waals surface area contributed by atoms with Crippen LogP contribution < -0.4 is 20.8 Å². The Hall–Kier alpha value is -3.79. The molecule has 1 fully saturated rings. The van der Waals surface area contributed by atoms with Crippen molar-refractivity contribution in [1.82, 2.24) is 10.7 Å². The van der Waals surface area contributed by atoms with E-state index in [4.69, 9.17) is 9.47 Å². The Balaban J connectivity index is 1.37. The smallest absolute Gasteiger partial charge is 0.329 e. The number of rotatable bonds is 8. The van der Waals surface area contributed by atoms with Crippen molar-refractivity contribution in [1.29, 1.82) is 0 Å². The second-order valence-electron chi connectivity index (χ2n) is 6.96. The molecule has 0 saturated carbocycles. The maximum Gasteiger partial charge on any atom is 0.329 e. The van der Waals surface area contributed by atoms with Crippen LogP contribution in [0.4, 0.5) is 10.1 Å².